The van der Waals surface area contributed by atoms with E-state index in [2.05, 4.69) is 0 Å². The summed E-state index contributed by atoms with van der Waals surface area (Å²) in [6.07, 6.45) is 1.65. The van der Waals surface area contributed by atoms with Gasteiger partial charge < -0.3 is 57.9 Å². The van der Waals surface area contributed by atoms with E-state index in [4.69, 9.17) is 51.6 Å². The topological polar surface area (TPSA) is 133 Å². The molecule has 3 aliphatic rings. The van der Waals surface area contributed by atoms with E-state index < -0.39 is 41.1 Å². The summed E-state index contributed by atoms with van der Waals surface area (Å²) in [7, 11) is 1.29. The molecule has 4 atom stereocenters. The second-order valence-electron chi connectivity index (χ2n) is 16.4. The molecule has 16 heteroatoms. The Kier molecular flexibility index (Phi) is 24.9. The van der Waals surface area contributed by atoms with Gasteiger partial charge in [-0.1, -0.05) is 47.5 Å². The number of esters is 1. The van der Waals surface area contributed by atoms with Gasteiger partial charge in [-0.15, -0.1) is 0 Å². The summed E-state index contributed by atoms with van der Waals surface area (Å²) in [6, 6.07) is 14.6. The van der Waals surface area contributed by atoms with Gasteiger partial charge in [0.05, 0.1) is 51.1 Å². The molecule has 3 aliphatic heterocycles. The fraction of sp³-hybridized carbons (Fsp3) is 0.619. The number of amides is 2. The van der Waals surface area contributed by atoms with Crippen LogP contribution in [-0.2, 0) is 46.1 Å². The van der Waals surface area contributed by atoms with Crippen molar-refractivity contribution in [2.75, 3.05) is 46.6 Å². The van der Waals surface area contributed by atoms with E-state index >= 15 is 0 Å². The molecule has 0 radical (unpaired) electrons. The maximum absolute atomic E-state index is 12.7. The van der Waals surface area contributed by atoms with Crippen LogP contribution in [0, 0.1) is 7.43 Å². The van der Waals surface area contributed by atoms with Crippen molar-refractivity contribution in [3.05, 3.63) is 77.1 Å². The number of nitrogens with zero attached hydrogens (tertiary/aromatic N) is 2. The number of methoxy groups -OCH3 is 1. The van der Waals surface area contributed by atoms with Crippen LogP contribution in [0.5, 0.6) is 0 Å². The number of benzene rings is 2. The van der Waals surface area contributed by atoms with Crippen molar-refractivity contribution >= 4 is 64.4 Å². The normalized spacial score (nSPS) is 20.6. The van der Waals surface area contributed by atoms with E-state index in [1.807, 2.05) is 57.2 Å². The largest absolute Gasteiger partial charge is 2.00 e. The molecule has 2 amide bonds. The van der Waals surface area contributed by atoms with Crippen LogP contribution in [0.25, 0.3) is 0 Å². The van der Waals surface area contributed by atoms with Crippen molar-refractivity contribution in [1.82, 2.24) is 9.80 Å². The molecule has 0 spiro atoms. The summed E-state index contributed by atoms with van der Waals surface area (Å²) in [6.45, 7) is 17.3. The van der Waals surface area contributed by atoms with E-state index in [1.54, 1.807) is 56.6 Å². The van der Waals surface area contributed by atoms with Gasteiger partial charge in [-0.2, -0.15) is 0 Å². The van der Waals surface area contributed by atoms with Gasteiger partial charge in [-0.25, -0.2) is 14.4 Å². The van der Waals surface area contributed by atoms with Crippen LogP contribution in [0.15, 0.2) is 48.5 Å². The number of carbonyl (C=O) groups is 3. The molecule has 2 aromatic carbocycles. The second-order valence-corrected chi connectivity index (χ2v) is 17.2. The van der Waals surface area contributed by atoms with Crippen molar-refractivity contribution < 1.29 is 64.9 Å². The predicted molar refractivity (Wildman–Crippen MR) is 224 cm³/mol. The van der Waals surface area contributed by atoms with Crippen LogP contribution < -0.4 is 17.0 Å². The number of halogens is 3. The van der Waals surface area contributed by atoms with E-state index in [9.17, 15) is 19.5 Å². The number of morpholine rings is 2. The molecule has 0 aromatic heterocycles. The van der Waals surface area contributed by atoms with Crippen LogP contribution in [0.3, 0.4) is 0 Å². The zero-order valence-corrected chi connectivity index (χ0v) is 40.4. The number of carbonyl (C=O) groups excluding carboxylic acids is 3. The fourth-order valence-electron chi connectivity index (χ4n) is 5.82. The first-order chi connectivity index (χ1) is 25.6. The monoisotopic (exact) mass is 928 g/mol. The maximum Gasteiger partial charge on any atom is 2.00 e. The standard InChI is InChI=1S/C19H28ClNO4.C18H24ClNO5.C4H8O.CH3.BrH.Mg/c1-18(2,3)25-17(22)21-11-16(19(4,5)23)24-12-15(21)10-13-6-8-14(20)9-7-13;1-18(2,3)25-17(22)20-10-15(16(21)23-4)24-11-14(20)9-12-5-7-13(19)8-6-12;1-2-4-5-3-1;;;/h6-9,15-16,23H,10-12H2,1-5H3;5-8,14-15H,9-11H2,1-4H3;1-4H2;1H3;1H;/q;;;-1;;+2/p-1/t15?,16-;14?,15-;;;;/m11..../s1. The van der Waals surface area contributed by atoms with E-state index in [1.165, 1.54) is 20.0 Å². The van der Waals surface area contributed by atoms with Gasteiger partial charge in [0, 0.05) is 23.3 Å². The minimum Gasteiger partial charge on any atom is -1.00 e. The van der Waals surface area contributed by atoms with E-state index in [0.29, 0.717) is 29.5 Å². The SMILES string of the molecule is C1CCOC1.CC(C)(C)OC(=O)N1C[C@H](C(C)(C)O)OCC1Cc1ccc(Cl)cc1.COC(=O)[C@H]1CN(C(=O)OC(C)(C)C)C(Cc2ccc(Cl)cc2)CO1.[Br-].[CH3-].[Mg+2]. The van der Waals surface area contributed by atoms with Crippen LogP contribution in [0.4, 0.5) is 9.59 Å². The van der Waals surface area contributed by atoms with Gasteiger partial charge in [-0.3, -0.25) is 9.80 Å². The zero-order chi connectivity index (χ0) is 41.0. The quantitative estimate of drug-likeness (QED) is 0.190. The summed E-state index contributed by atoms with van der Waals surface area (Å²) in [5.41, 5.74) is -0.159. The van der Waals surface area contributed by atoms with Crippen LogP contribution in [-0.4, -0.2) is 144 Å². The Hall–Kier alpha value is -1.88. The van der Waals surface area contributed by atoms with E-state index in [0.717, 1.165) is 24.3 Å². The first-order valence-electron chi connectivity index (χ1n) is 18.7. The molecule has 5 rings (SSSR count). The Morgan fingerprint density at radius 1 is 0.724 bits per heavy atom. The number of aliphatic hydroxyl groups is 1. The van der Waals surface area contributed by atoms with Gasteiger partial charge in [0.2, 0.25) is 0 Å². The molecule has 58 heavy (non-hydrogen) atoms. The summed E-state index contributed by atoms with van der Waals surface area (Å²) in [5, 5.41) is 11.6. The molecule has 324 valence electrons. The zero-order valence-electron chi connectivity index (χ0n) is 35.9. The van der Waals surface area contributed by atoms with Crippen molar-refractivity contribution in [3.8, 4) is 0 Å². The molecule has 0 aliphatic carbocycles. The minimum absolute atomic E-state index is 0. The summed E-state index contributed by atoms with van der Waals surface area (Å²) in [4.78, 5) is 40.3. The smallest absolute Gasteiger partial charge is 1.00 e. The number of ether oxygens (including phenoxy) is 6. The van der Waals surface area contributed by atoms with Crippen molar-refractivity contribution in [1.29, 1.82) is 0 Å². The predicted octanol–water partition coefficient (Wildman–Crippen LogP) is 4.59. The van der Waals surface area contributed by atoms with Crippen molar-refractivity contribution in [2.45, 2.75) is 122 Å². The molecule has 1 N–H and O–H groups in total. The summed E-state index contributed by atoms with van der Waals surface area (Å²) in [5.74, 6) is -0.501. The minimum atomic E-state index is -1.04. The van der Waals surface area contributed by atoms with E-state index in [-0.39, 0.29) is 85.3 Å². The Bertz CT molecular complexity index is 1510. The average molecular weight is 931 g/mol. The summed E-state index contributed by atoms with van der Waals surface area (Å²) < 4.78 is 32.1. The van der Waals surface area contributed by atoms with Crippen LogP contribution >= 0.6 is 23.2 Å². The first kappa shape index (κ1) is 56.1. The molecule has 0 bridgehead atoms. The number of rotatable bonds is 6. The molecule has 3 heterocycles. The summed E-state index contributed by atoms with van der Waals surface area (Å²) >= 11 is 11.9. The average Bonchev–Trinajstić information content (AvgIpc) is 3.69. The molecule has 3 saturated heterocycles. The number of hydrogen-bond acceptors (Lipinski definition) is 10. The van der Waals surface area contributed by atoms with Gasteiger partial charge in [0.25, 0.3) is 0 Å². The van der Waals surface area contributed by atoms with Crippen LogP contribution in [0.1, 0.15) is 79.4 Å². The van der Waals surface area contributed by atoms with Crippen molar-refractivity contribution in [3.63, 3.8) is 0 Å². The Balaban J connectivity index is 0.000000952. The van der Waals surface area contributed by atoms with Gasteiger partial charge in [0.15, 0.2) is 6.10 Å². The molecule has 3 fully saturated rings. The Morgan fingerprint density at radius 2 is 1.12 bits per heavy atom. The molecule has 12 nitrogen and oxygen atoms in total. The molecular formula is C42H63BrCl2MgN2O10. The van der Waals surface area contributed by atoms with Gasteiger partial charge in [0.1, 0.15) is 17.3 Å². The fourth-order valence-corrected chi connectivity index (χ4v) is 6.07. The number of hydrogen-bond donors (Lipinski definition) is 1. The third-order valence-electron chi connectivity index (χ3n) is 8.69. The molecule has 0 saturated carbocycles. The first-order valence-corrected chi connectivity index (χ1v) is 19.5. The molecular weight excluding hydrogens is 868 g/mol. The second kappa shape index (κ2) is 25.8. The molecule has 2 unspecified atom stereocenters. The Labute approximate surface area is 382 Å². The Morgan fingerprint density at radius 3 is 1.47 bits per heavy atom. The van der Waals surface area contributed by atoms with Gasteiger partial charge >= 0.3 is 41.2 Å². The third-order valence-corrected chi connectivity index (χ3v) is 9.19. The maximum atomic E-state index is 12.7. The third kappa shape index (κ3) is 20.1. The van der Waals surface area contributed by atoms with Crippen LogP contribution in [0.2, 0.25) is 10.0 Å². The van der Waals surface area contributed by atoms with Gasteiger partial charge in [-0.05, 0) is 116 Å². The molecule has 2 aromatic rings. The van der Waals surface area contributed by atoms with Crippen molar-refractivity contribution in [2.24, 2.45) is 0 Å².